The average molecular weight is 233 g/mol. The van der Waals surface area contributed by atoms with Crippen molar-refractivity contribution in [3.63, 3.8) is 0 Å². The van der Waals surface area contributed by atoms with Crippen LogP contribution in [0.15, 0.2) is 28.8 Å². The fourth-order valence-corrected chi connectivity index (χ4v) is 1.94. The first-order valence-corrected chi connectivity index (χ1v) is 5.56. The van der Waals surface area contributed by atoms with E-state index in [0.29, 0.717) is 17.3 Å². The van der Waals surface area contributed by atoms with Crippen LogP contribution in [0.4, 0.5) is 4.39 Å². The van der Waals surface area contributed by atoms with Crippen molar-refractivity contribution in [2.24, 2.45) is 5.73 Å². The van der Waals surface area contributed by atoms with Gasteiger partial charge in [0.1, 0.15) is 5.82 Å². The lowest BCUT2D eigenvalue weighted by molar-refractivity contribution is 0.181. The molecule has 1 heterocycles. The number of nitrogens with two attached hydrogens (primary N) is 1. The summed E-state index contributed by atoms with van der Waals surface area (Å²) in [6.07, 6.45) is 2.80. The van der Waals surface area contributed by atoms with Crippen molar-refractivity contribution < 1.29 is 8.91 Å². The quantitative estimate of drug-likeness (QED) is 0.863. The predicted molar refractivity (Wildman–Crippen MR) is 59.4 cm³/mol. The molecule has 4 nitrogen and oxygen atoms in total. The predicted octanol–water partition coefficient (Wildman–Crippen LogP) is 2.21. The molecule has 0 bridgehead atoms. The smallest absolute Gasteiger partial charge is 0.247 e. The molecule has 2 aromatic rings. The maximum atomic E-state index is 13.1. The van der Waals surface area contributed by atoms with E-state index >= 15 is 0 Å². The van der Waals surface area contributed by atoms with Crippen molar-refractivity contribution in [2.45, 2.75) is 24.8 Å². The highest BCUT2D eigenvalue weighted by molar-refractivity contribution is 5.54. The molecule has 17 heavy (non-hydrogen) atoms. The molecule has 0 spiro atoms. The lowest BCUT2D eigenvalue weighted by Crippen LogP contribution is -2.43. The molecule has 1 aromatic heterocycles. The zero-order valence-electron chi connectivity index (χ0n) is 9.19. The molecule has 0 aliphatic heterocycles. The molecular weight excluding hydrogens is 221 g/mol. The van der Waals surface area contributed by atoms with E-state index in [-0.39, 0.29) is 5.82 Å². The summed E-state index contributed by atoms with van der Waals surface area (Å²) >= 11 is 0. The standard InChI is InChI=1S/C12H12FN3O/c13-9-4-1-3-8(7-9)10-15-11(17-16-10)12(14)5-2-6-12/h1,3-4,7H,2,5-6,14H2. The van der Waals surface area contributed by atoms with Crippen molar-refractivity contribution in [1.82, 2.24) is 10.1 Å². The Kier molecular flexibility index (Phi) is 2.22. The van der Waals surface area contributed by atoms with Gasteiger partial charge in [-0.2, -0.15) is 4.98 Å². The summed E-state index contributed by atoms with van der Waals surface area (Å²) in [5.74, 6) is 0.513. The molecule has 1 aromatic carbocycles. The Balaban J connectivity index is 1.95. The highest BCUT2D eigenvalue weighted by Crippen LogP contribution is 2.38. The maximum Gasteiger partial charge on any atom is 0.247 e. The van der Waals surface area contributed by atoms with E-state index in [0.717, 1.165) is 19.3 Å². The van der Waals surface area contributed by atoms with Crippen LogP contribution in [-0.2, 0) is 5.54 Å². The second-order valence-corrected chi connectivity index (χ2v) is 4.44. The lowest BCUT2D eigenvalue weighted by atomic mass is 9.78. The minimum Gasteiger partial charge on any atom is -0.337 e. The Morgan fingerprint density at radius 3 is 2.82 bits per heavy atom. The van der Waals surface area contributed by atoms with Crippen molar-refractivity contribution in [2.75, 3.05) is 0 Å². The highest BCUT2D eigenvalue weighted by Gasteiger charge is 2.39. The summed E-state index contributed by atoms with van der Waals surface area (Å²) < 4.78 is 18.2. The molecule has 0 amide bonds. The van der Waals surface area contributed by atoms with Gasteiger partial charge in [0.15, 0.2) is 0 Å². The number of rotatable bonds is 2. The van der Waals surface area contributed by atoms with Gasteiger partial charge in [-0.25, -0.2) is 4.39 Å². The number of halogens is 1. The molecule has 1 aliphatic rings. The molecular formula is C12H12FN3O. The molecule has 2 N–H and O–H groups in total. The van der Waals surface area contributed by atoms with E-state index in [1.807, 2.05) is 0 Å². The van der Waals surface area contributed by atoms with Crippen LogP contribution in [0.2, 0.25) is 0 Å². The van der Waals surface area contributed by atoms with Gasteiger partial charge in [0.2, 0.25) is 11.7 Å². The summed E-state index contributed by atoms with van der Waals surface area (Å²) in [5, 5.41) is 3.84. The van der Waals surface area contributed by atoms with Gasteiger partial charge in [0.05, 0.1) is 5.54 Å². The molecule has 3 rings (SSSR count). The van der Waals surface area contributed by atoms with Crippen molar-refractivity contribution in [1.29, 1.82) is 0 Å². The molecule has 1 fully saturated rings. The van der Waals surface area contributed by atoms with Crippen LogP contribution in [0, 0.1) is 5.82 Å². The largest absolute Gasteiger partial charge is 0.337 e. The first kappa shape index (κ1) is 10.4. The van der Waals surface area contributed by atoms with Gasteiger partial charge in [0.25, 0.3) is 0 Å². The SMILES string of the molecule is NC1(c2nc(-c3cccc(F)c3)no2)CCC1. The lowest BCUT2D eigenvalue weighted by Gasteiger charge is -2.33. The van der Waals surface area contributed by atoms with E-state index in [1.165, 1.54) is 12.1 Å². The van der Waals surface area contributed by atoms with E-state index < -0.39 is 5.54 Å². The third-order valence-corrected chi connectivity index (χ3v) is 3.18. The summed E-state index contributed by atoms with van der Waals surface area (Å²) in [4.78, 5) is 4.25. The average Bonchev–Trinajstić information content (AvgIpc) is 2.75. The number of hydrogen-bond acceptors (Lipinski definition) is 4. The normalized spacial score (nSPS) is 17.8. The fourth-order valence-electron chi connectivity index (χ4n) is 1.94. The molecule has 5 heteroatoms. The topological polar surface area (TPSA) is 64.9 Å². The molecule has 0 atom stereocenters. The first-order valence-electron chi connectivity index (χ1n) is 5.56. The third-order valence-electron chi connectivity index (χ3n) is 3.18. The molecule has 88 valence electrons. The number of benzene rings is 1. The minimum absolute atomic E-state index is 0.319. The summed E-state index contributed by atoms with van der Waals surface area (Å²) in [6, 6.07) is 6.10. The maximum absolute atomic E-state index is 13.1. The van der Waals surface area contributed by atoms with Crippen molar-refractivity contribution in [3.05, 3.63) is 36.0 Å². The van der Waals surface area contributed by atoms with E-state index in [9.17, 15) is 4.39 Å². The van der Waals surface area contributed by atoms with Crippen molar-refractivity contribution in [3.8, 4) is 11.4 Å². The second kappa shape index (κ2) is 3.63. The van der Waals surface area contributed by atoms with Crippen molar-refractivity contribution >= 4 is 0 Å². The Morgan fingerprint density at radius 2 is 2.18 bits per heavy atom. The fraction of sp³-hybridized carbons (Fsp3) is 0.333. The number of hydrogen-bond donors (Lipinski definition) is 1. The van der Waals surface area contributed by atoms with Gasteiger partial charge in [-0.3, -0.25) is 0 Å². The Morgan fingerprint density at radius 1 is 1.35 bits per heavy atom. The van der Waals surface area contributed by atoms with Crippen LogP contribution >= 0.6 is 0 Å². The van der Waals surface area contributed by atoms with Gasteiger partial charge in [-0.15, -0.1) is 0 Å². The third kappa shape index (κ3) is 1.72. The Hall–Kier alpha value is -1.75. The Bertz CT molecular complexity index is 548. The summed E-state index contributed by atoms with van der Waals surface area (Å²) in [5.41, 5.74) is 6.20. The number of nitrogens with zero attached hydrogens (tertiary/aromatic N) is 2. The van der Waals surface area contributed by atoms with Crippen LogP contribution < -0.4 is 5.73 Å². The molecule has 0 unspecified atom stereocenters. The summed E-state index contributed by atoms with van der Waals surface area (Å²) in [6.45, 7) is 0. The molecule has 0 saturated heterocycles. The van der Waals surface area contributed by atoms with Gasteiger partial charge >= 0.3 is 0 Å². The van der Waals surface area contributed by atoms with Gasteiger partial charge < -0.3 is 10.3 Å². The number of aromatic nitrogens is 2. The first-order chi connectivity index (χ1) is 8.17. The monoisotopic (exact) mass is 233 g/mol. The van der Waals surface area contributed by atoms with E-state index in [4.69, 9.17) is 10.3 Å². The van der Waals surface area contributed by atoms with Crippen LogP contribution in [-0.4, -0.2) is 10.1 Å². The molecule has 1 saturated carbocycles. The minimum atomic E-state index is -0.474. The van der Waals surface area contributed by atoms with Gasteiger partial charge in [-0.1, -0.05) is 17.3 Å². The van der Waals surface area contributed by atoms with Crippen LogP contribution in [0.1, 0.15) is 25.2 Å². The zero-order chi connectivity index (χ0) is 11.9. The highest BCUT2D eigenvalue weighted by atomic mass is 19.1. The van der Waals surface area contributed by atoms with E-state index in [2.05, 4.69) is 10.1 Å². The van der Waals surface area contributed by atoms with Crippen LogP contribution in [0.25, 0.3) is 11.4 Å². The van der Waals surface area contributed by atoms with Crippen LogP contribution in [0.3, 0.4) is 0 Å². The molecule has 0 radical (unpaired) electrons. The second-order valence-electron chi connectivity index (χ2n) is 4.44. The van der Waals surface area contributed by atoms with Gasteiger partial charge in [0, 0.05) is 5.56 Å². The Labute approximate surface area is 97.6 Å². The van der Waals surface area contributed by atoms with Gasteiger partial charge in [-0.05, 0) is 31.4 Å². The summed E-state index contributed by atoms with van der Waals surface area (Å²) in [7, 11) is 0. The van der Waals surface area contributed by atoms with E-state index in [1.54, 1.807) is 12.1 Å². The molecule has 1 aliphatic carbocycles. The zero-order valence-corrected chi connectivity index (χ0v) is 9.19. The van der Waals surface area contributed by atoms with Crippen LogP contribution in [0.5, 0.6) is 0 Å².